The maximum Gasteiger partial charge on any atom is 0.328 e. The molecule has 2 fully saturated rings. The number of nitrogens with zero attached hydrogens (tertiary/aromatic N) is 1. The van der Waals surface area contributed by atoms with E-state index in [1.54, 1.807) is 32.2 Å². The number of hydrogen-bond donors (Lipinski definition) is 4. The predicted molar refractivity (Wildman–Crippen MR) is 192 cm³/mol. The summed E-state index contributed by atoms with van der Waals surface area (Å²) < 4.78 is 14.1. The summed E-state index contributed by atoms with van der Waals surface area (Å²) in [6.45, 7) is 2.69. The molecule has 0 radical (unpaired) electrons. The molecule has 0 saturated heterocycles. The number of aliphatic carboxylic acids is 1. The third-order valence-electron chi connectivity index (χ3n) is 10.6. The van der Waals surface area contributed by atoms with E-state index >= 15 is 0 Å². The van der Waals surface area contributed by atoms with E-state index in [2.05, 4.69) is 27.3 Å². The van der Waals surface area contributed by atoms with E-state index in [1.807, 2.05) is 24.3 Å². The Balaban J connectivity index is 1.19. The molecule has 3 aromatic carbocycles. The summed E-state index contributed by atoms with van der Waals surface area (Å²) in [4.78, 5) is 38.7. The predicted octanol–water partition coefficient (Wildman–Crippen LogP) is 7.20. The minimum absolute atomic E-state index is 0.314. The average molecular weight is 678 g/mol. The number of methoxy groups -OCH3 is 1. The number of hydrogen-bond acceptors (Lipinski definition) is 6. The van der Waals surface area contributed by atoms with Crippen molar-refractivity contribution >= 4 is 40.4 Å². The molecule has 4 aromatic rings. The van der Waals surface area contributed by atoms with Crippen molar-refractivity contribution in [1.29, 1.82) is 0 Å². The van der Waals surface area contributed by atoms with Gasteiger partial charge in [0.05, 0.1) is 25.5 Å². The number of carboxylic acid groups (broad SMARTS) is 1. The van der Waals surface area contributed by atoms with E-state index in [0.29, 0.717) is 54.3 Å². The fraction of sp³-hybridized carbons (Fsp3) is 0.375. The maximum atomic E-state index is 14.0. The molecule has 2 amide bonds. The molecule has 2 aliphatic carbocycles. The number of carboxylic acids is 1. The Morgan fingerprint density at radius 3 is 2.52 bits per heavy atom. The lowest BCUT2D eigenvalue weighted by molar-refractivity contribution is -0.131. The lowest BCUT2D eigenvalue weighted by Gasteiger charge is -2.40. The van der Waals surface area contributed by atoms with E-state index in [4.69, 9.17) is 14.6 Å². The van der Waals surface area contributed by atoms with Gasteiger partial charge in [-0.15, -0.1) is 0 Å². The van der Waals surface area contributed by atoms with Crippen LogP contribution in [0, 0.1) is 0 Å². The maximum absolute atomic E-state index is 14.0. The summed E-state index contributed by atoms with van der Waals surface area (Å²) in [5, 5.41) is 26.5. The van der Waals surface area contributed by atoms with Gasteiger partial charge in [-0.05, 0) is 104 Å². The van der Waals surface area contributed by atoms with Gasteiger partial charge in [0.15, 0.2) is 0 Å². The topological polar surface area (TPSA) is 139 Å². The normalized spacial score (nSPS) is 17.5. The minimum atomic E-state index is -1.10. The highest BCUT2D eigenvalue weighted by molar-refractivity contribution is 6.06. The van der Waals surface area contributed by atoms with Crippen LogP contribution < -0.4 is 20.1 Å². The molecule has 3 aliphatic rings. The highest BCUT2D eigenvalue weighted by Crippen LogP contribution is 2.48. The number of benzene rings is 3. The lowest BCUT2D eigenvalue weighted by Crippen LogP contribution is -2.61. The molecule has 1 aliphatic heterocycles. The number of nitrogens with one attached hydrogen (secondary N) is 2. The van der Waals surface area contributed by atoms with Gasteiger partial charge in [-0.25, -0.2) is 4.79 Å². The third kappa shape index (κ3) is 6.24. The van der Waals surface area contributed by atoms with E-state index in [0.717, 1.165) is 59.0 Å². The summed E-state index contributed by atoms with van der Waals surface area (Å²) in [7, 11) is 1.65. The molecule has 1 aromatic heterocycles. The van der Waals surface area contributed by atoms with Gasteiger partial charge in [0, 0.05) is 39.9 Å². The highest BCUT2D eigenvalue weighted by Gasteiger charge is 2.45. The number of carbonyl (C=O) groups is 3. The van der Waals surface area contributed by atoms with Crippen molar-refractivity contribution in [3.8, 4) is 22.8 Å². The molecule has 0 bridgehead atoms. The second-order valence-corrected chi connectivity index (χ2v) is 13.7. The zero-order valence-electron chi connectivity index (χ0n) is 28.5. The first-order chi connectivity index (χ1) is 24.2. The minimum Gasteiger partial charge on any atom is -0.497 e. The van der Waals surface area contributed by atoms with Crippen LogP contribution in [-0.2, 0) is 16.1 Å². The second kappa shape index (κ2) is 13.7. The van der Waals surface area contributed by atoms with Crippen molar-refractivity contribution in [1.82, 2.24) is 9.88 Å². The second-order valence-electron chi connectivity index (χ2n) is 13.7. The Kier molecular flexibility index (Phi) is 9.13. The number of anilines is 1. The summed E-state index contributed by atoms with van der Waals surface area (Å²) in [5.41, 5.74) is 5.35. The summed E-state index contributed by atoms with van der Waals surface area (Å²) in [5.74, 6) is 0.209. The van der Waals surface area contributed by atoms with E-state index < -0.39 is 17.6 Å². The van der Waals surface area contributed by atoms with Gasteiger partial charge >= 0.3 is 5.97 Å². The van der Waals surface area contributed by atoms with Gasteiger partial charge in [0.1, 0.15) is 23.6 Å². The number of amides is 2. The molecule has 0 spiro atoms. The SMILES string of the molecule is COc1ccc2c(c1)OCCn1c-2c(C2CCCCC2)c2ccc(C(=O)NC3(C(=O)Nc4ccc(/C=C/C(=O)O)c(C(C)O)c4)CCC3)cc21. The van der Waals surface area contributed by atoms with Crippen LogP contribution in [0.4, 0.5) is 5.69 Å². The average Bonchev–Trinajstić information content (AvgIpc) is 3.30. The number of rotatable bonds is 9. The van der Waals surface area contributed by atoms with Crippen LogP contribution in [0.5, 0.6) is 11.5 Å². The molecule has 10 nitrogen and oxygen atoms in total. The van der Waals surface area contributed by atoms with Gasteiger partial charge in [-0.3, -0.25) is 9.59 Å². The Bertz CT molecular complexity index is 2000. The molecule has 2 heterocycles. The van der Waals surface area contributed by atoms with Crippen molar-refractivity contribution in [2.45, 2.75) is 82.4 Å². The van der Waals surface area contributed by atoms with Crippen molar-refractivity contribution in [3.05, 3.63) is 82.9 Å². The van der Waals surface area contributed by atoms with E-state index in [9.17, 15) is 19.5 Å². The number of fused-ring (bicyclic) bond motifs is 5. The molecule has 4 N–H and O–H groups in total. The molecule has 260 valence electrons. The van der Waals surface area contributed by atoms with Gasteiger partial charge in [-0.1, -0.05) is 31.4 Å². The number of aliphatic hydroxyl groups excluding tert-OH is 1. The summed E-state index contributed by atoms with van der Waals surface area (Å²) >= 11 is 0. The molecular formula is C40H43N3O7. The third-order valence-corrected chi connectivity index (χ3v) is 10.6. The Labute approximate surface area is 291 Å². The zero-order chi connectivity index (χ0) is 35.0. The van der Waals surface area contributed by atoms with Gasteiger partial charge in [0.25, 0.3) is 5.91 Å². The first-order valence-electron chi connectivity index (χ1n) is 17.5. The van der Waals surface area contributed by atoms with E-state index in [1.165, 1.54) is 30.9 Å². The number of aliphatic hydroxyl groups is 1. The van der Waals surface area contributed by atoms with Gasteiger partial charge < -0.3 is 34.9 Å². The van der Waals surface area contributed by atoms with Crippen LogP contribution in [0.1, 0.15) is 97.4 Å². The molecule has 1 unspecified atom stereocenters. The van der Waals surface area contributed by atoms with Crippen LogP contribution in [0.2, 0.25) is 0 Å². The molecule has 1 atom stereocenters. The number of carbonyl (C=O) groups excluding carboxylic acids is 2. The molecular weight excluding hydrogens is 634 g/mol. The van der Waals surface area contributed by atoms with Crippen LogP contribution in [0.15, 0.2) is 60.7 Å². The standard InChI is InChI=1S/C40H43N3O7/c1-24(44)32-22-28(12-9-25(32)11-16-35(45)46)41-39(48)40(17-6-18-40)42-38(47)27-10-14-30-33(21-27)43-19-20-50-34-23-29(49-2)13-15-31(34)37(43)36(30)26-7-4-3-5-8-26/h9-16,21-24,26,44H,3-8,17-20H2,1-2H3,(H,41,48)(H,42,47)(H,45,46)/b16-11+. The smallest absolute Gasteiger partial charge is 0.328 e. The van der Waals surface area contributed by atoms with Crippen LogP contribution in [-0.4, -0.2) is 51.8 Å². The van der Waals surface area contributed by atoms with Gasteiger partial charge in [0.2, 0.25) is 5.91 Å². The fourth-order valence-corrected chi connectivity index (χ4v) is 7.84. The first kappa shape index (κ1) is 33.4. The number of aromatic nitrogens is 1. The van der Waals surface area contributed by atoms with E-state index in [-0.39, 0.29) is 11.8 Å². The van der Waals surface area contributed by atoms with Crippen LogP contribution >= 0.6 is 0 Å². The Hall–Kier alpha value is -5.09. The quantitative estimate of drug-likeness (QED) is 0.137. The Morgan fingerprint density at radius 2 is 1.82 bits per heavy atom. The summed E-state index contributed by atoms with van der Waals surface area (Å²) in [6.07, 6.45) is 9.20. The monoisotopic (exact) mass is 677 g/mol. The number of ether oxygens (including phenoxy) is 2. The molecule has 7 rings (SSSR count). The summed E-state index contributed by atoms with van der Waals surface area (Å²) in [6, 6.07) is 16.8. The highest BCUT2D eigenvalue weighted by atomic mass is 16.5. The zero-order valence-corrected chi connectivity index (χ0v) is 28.5. The Morgan fingerprint density at radius 1 is 1.02 bits per heavy atom. The van der Waals surface area contributed by atoms with Crippen molar-refractivity contribution in [2.75, 3.05) is 19.0 Å². The molecule has 50 heavy (non-hydrogen) atoms. The first-order valence-corrected chi connectivity index (χ1v) is 17.5. The fourth-order valence-electron chi connectivity index (χ4n) is 7.84. The van der Waals surface area contributed by atoms with Crippen molar-refractivity contribution in [3.63, 3.8) is 0 Å². The van der Waals surface area contributed by atoms with Gasteiger partial charge in [-0.2, -0.15) is 0 Å². The van der Waals surface area contributed by atoms with Crippen LogP contribution in [0.25, 0.3) is 28.2 Å². The largest absolute Gasteiger partial charge is 0.497 e. The molecule has 10 heteroatoms. The molecule has 2 saturated carbocycles. The van der Waals surface area contributed by atoms with Crippen molar-refractivity contribution < 1.29 is 34.1 Å². The lowest BCUT2D eigenvalue weighted by atomic mass is 9.75. The van der Waals surface area contributed by atoms with Crippen LogP contribution in [0.3, 0.4) is 0 Å². The van der Waals surface area contributed by atoms with Crippen molar-refractivity contribution in [2.24, 2.45) is 0 Å².